The first kappa shape index (κ1) is 46.4. The summed E-state index contributed by atoms with van der Waals surface area (Å²) in [7, 11) is 0. The smallest absolute Gasteiger partial charge is 0.125 e. The zero-order valence-electron chi connectivity index (χ0n) is 36.4. The summed E-state index contributed by atoms with van der Waals surface area (Å²) in [4.78, 5) is 0. The molecule has 59 heavy (non-hydrogen) atoms. The van der Waals surface area contributed by atoms with Crippen molar-refractivity contribution in [2.75, 3.05) is 26.4 Å². The molecule has 0 aromatic heterocycles. The highest BCUT2D eigenvalue weighted by Gasteiger charge is 2.63. The van der Waals surface area contributed by atoms with E-state index >= 15 is 0 Å². The average molecular weight is 805 g/mol. The fraction of sp³-hybridized carbons (Fsp3) is 0.509. The lowest BCUT2D eigenvalue weighted by atomic mass is 9.69. The van der Waals surface area contributed by atoms with Crippen LogP contribution in [0.5, 0.6) is 0 Å². The van der Waals surface area contributed by atoms with Crippen molar-refractivity contribution in [1.82, 2.24) is 0 Å². The van der Waals surface area contributed by atoms with Gasteiger partial charge in [-0.3, -0.25) is 0 Å². The highest BCUT2D eigenvalue weighted by Crippen LogP contribution is 2.50. The molecule has 8 atom stereocenters. The van der Waals surface area contributed by atoms with Crippen molar-refractivity contribution in [1.29, 1.82) is 0 Å². The van der Waals surface area contributed by atoms with Crippen LogP contribution < -0.4 is 0 Å². The monoisotopic (exact) mass is 805 g/mol. The summed E-state index contributed by atoms with van der Waals surface area (Å²) in [6.07, 6.45) is 7.01. The third kappa shape index (κ3) is 12.2. The average Bonchev–Trinajstić information content (AvgIpc) is 3.27. The maximum absolute atomic E-state index is 13.5. The van der Waals surface area contributed by atoms with E-state index in [0.29, 0.717) is 39.3 Å². The standard InChI is InChI=1S/C53H72O6/c1-6-11-36-55-47-48(56-37-12-7-2)50(57-38-13-8-3)52(54,35-10-5)51(58-39-14-9-4)49(47)59-53(45-33-25-18-26-34-45,41-43-29-21-16-22-30-43)46(44-31-23-17-24-32-44)40-42-27-19-15-20-28-42/h10,15-34,46-51,54H,5-9,11-14,35-41H2,1-4H3/t46?,47-,48?,49?,50?,51-,52-,53?/m0/s1. The summed E-state index contributed by atoms with van der Waals surface area (Å²) < 4.78 is 36.2. The van der Waals surface area contributed by atoms with E-state index in [1.807, 2.05) is 0 Å². The minimum atomic E-state index is -1.54. The largest absolute Gasteiger partial charge is 0.384 e. The van der Waals surface area contributed by atoms with Crippen LogP contribution in [0.1, 0.15) is 114 Å². The minimum Gasteiger partial charge on any atom is -0.384 e. The van der Waals surface area contributed by atoms with E-state index in [1.165, 1.54) is 5.56 Å². The molecule has 0 bridgehead atoms. The van der Waals surface area contributed by atoms with E-state index in [1.54, 1.807) is 6.08 Å². The molecule has 4 aromatic carbocycles. The Hall–Kier alpha value is -3.62. The molecule has 1 N–H and O–H groups in total. The Labute approximate surface area is 356 Å². The van der Waals surface area contributed by atoms with Crippen LogP contribution in [0.4, 0.5) is 0 Å². The molecule has 6 heteroatoms. The van der Waals surface area contributed by atoms with Crippen LogP contribution in [0.15, 0.2) is 134 Å². The molecule has 1 aliphatic rings. The number of aliphatic hydroxyl groups is 1. The predicted octanol–water partition coefficient (Wildman–Crippen LogP) is 11.6. The van der Waals surface area contributed by atoms with E-state index in [2.05, 4.69) is 156 Å². The first-order valence-electron chi connectivity index (χ1n) is 22.6. The lowest BCUT2D eigenvalue weighted by Crippen LogP contribution is -2.74. The predicted molar refractivity (Wildman–Crippen MR) is 241 cm³/mol. The molecule has 5 unspecified atom stereocenters. The SMILES string of the molecule is C=CC[C@]1(O)C(OCCCC)C(OCCCC)[C@H](OCCCC)C(OC(Cc2ccccc2)(c2ccccc2)C(Cc2ccccc2)c2ccccc2)[C@@H]1OCCCC. The van der Waals surface area contributed by atoms with E-state index in [9.17, 15) is 5.11 Å². The highest BCUT2D eigenvalue weighted by atomic mass is 16.6. The summed E-state index contributed by atoms with van der Waals surface area (Å²) in [5.41, 5.74) is 2.05. The quantitative estimate of drug-likeness (QED) is 0.0478. The zero-order valence-corrected chi connectivity index (χ0v) is 36.4. The Morgan fingerprint density at radius 1 is 0.576 bits per heavy atom. The van der Waals surface area contributed by atoms with Crippen LogP contribution >= 0.6 is 0 Å². The molecule has 1 aliphatic carbocycles. The third-order valence-corrected chi connectivity index (χ3v) is 11.9. The number of ether oxygens (including phenoxy) is 5. The van der Waals surface area contributed by atoms with E-state index < -0.39 is 41.7 Å². The highest BCUT2D eigenvalue weighted by molar-refractivity contribution is 5.37. The van der Waals surface area contributed by atoms with Gasteiger partial charge >= 0.3 is 0 Å². The number of benzene rings is 4. The molecule has 4 aromatic rings. The molecule has 1 fully saturated rings. The van der Waals surface area contributed by atoms with Gasteiger partial charge in [-0.15, -0.1) is 6.58 Å². The lowest BCUT2D eigenvalue weighted by molar-refractivity contribution is -0.325. The second-order valence-electron chi connectivity index (χ2n) is 16.3. The molecule has 0 amide bonds. The molecule has 0 aliphatic heterocycles. The summed E-state index contributed by atoms with van der Waals surface area (Å²) in [6.45, 7) is 14.8. The normalized spacial score (nSPS) is 23.4. The molecule has 0 heterocycles. The van der Waals surface area contributed by atoms with Gasteiger partial charge in [0.15, 0.2) is 0 Å². The number of hydrogen-bond acceptors (Lipinski definition) is 6. The number of hydrogen-bond donors (Lipinski definition) is 1. The van der Waals surface area contributed by atoms with Gasteiger partial charge in [-0.2, -0.15) is 0 Å². The van der Waals surface area contributed by atoms with Crippen molar-refractivity contribution in [3.63, 3.8) is 0 Å². The fourth-order valence-electron chi connectivity index (χ4n) is 8.71. The van der Waals surface area contributed by atoms with Crippen LogP contribution in [-0.4, -0.2) is 67.7 Å². The molecule has 1 saturated carbocycles. The lowest BCUT2D eigenvalue weighted by Gasteiger charge is -2.57. The molecule has 5 rings (SSSR count). The van der Waals surface area contributed by atoms with Gasteiger partial charge in [-0.05, 0) is 60.8 Å². The van der Waals surface area contributed by atoms with Crippen molar-refractivity contribution in [2.45, 2.75) is 146 Å². The minimum absolute atomic E-state index is 0.174. The van der Waals surface area contributed by atoms with Crippen molar-refractivity contribution < 1.29 is 28.8 Å². The molecule has 0 spiro atoms. The second kappa shape index (κ2) is 24.6. The van der Waals surface area contributed by atoms with Gasteiger partial charge in [-0.25, -0.2) is 0 Å². The van der Waals surface area contributed by atoms with Gasteiger partial charge in [0.2, 0.25) is 0 Å². The molecular weight excluding hydrogens is 733 g/mol. The molecular formula is C53H72O6. The molecule has 0 radical (unpaired) electrons. The van der Waals surface area contributed by atoms with Gasteiger partial charge in [0.1, 0.15) is 41.7 Å². The Morgan fingerprint density at radius 2 is 1.02 bits per heavy atom. The van der Waals surface area contributed by atoms with Gasteiger partial charge in [0, 0.05) is 38.8 Å². The maximum Gasteiger partial charge on any atom is 0.125 e. The Kier molecular flexibility index (Phi) is 19.4. The first-order chi connectivity index (χ1) is 28.9. The van der Waals surface area contributed by atoms with Gasteiger partial charge in [0.05, 0.1) is 0 Å². The maximum atomic E-state index is 13.5. The van der Waals surface area contributed by atoms with Crippen molar-refractivity contribution in [2.24, 2.45) is 0 Å². The summed E-state index contributed by atoms with van der Waals surface area (Å²) in [5, 5.41) is 13.5. The van der Waals surface area contributed by atoms with Crippen molar-refractivity contribution >= 4 is 0 Å². The first-order valence-corrected chi connectivity index (χ1v) is 22.6. The van der Waals surface area contributed by atoms with E-state index in [4.69, 9.17) is 23.7 Å². The van der Waals surface area contributed by atoms with Crippen LogP contribution in [-0.2, 0) is 42.1 Å². The number of unbranched alkanes of at least 4 members (excludes halogenated alkanes) is 4. The third-order valence-electron chi connectivity index (χ3n) is 11.9. The fourth-order valence-corrected chi connectivity index (χ4v) is 8.71. The van der Waals surface area contributed by atoms with Gasteiger partial charge < -0.3 is 28.8 Å². The van der Waals surface area contributed by atoms with Crippen LogP contribution in [0.25, 0.3) is 0 Å². The van der Waals surface area contributed by atoms with Crippen molar-refractivity contribution in [3.05, 3.63) is 156 Å². The summed E-state index contributed by atoms with van der Waals surface area (Å²) in [5.74, 6) is -0.174. The van der Waals surface area contributed by atoms with E-state index in [-0.39, 0.29) is 12.3 Å². The summed E-state index contributed by atoms with van der Waals surface area (Å²) >= 11 is 0. The van der Waals surface area contributed by atoms with Crippen LogP contribution in [0, 0.1) is 0 Å². The number of rotatable bonds is 27. The Bertz CT molecular complexity index is 1700. The van der Waals surface area contributed by atoms with Gasteiger partial charge in [-0.1, -0.05) is 181 Å². The Balaban J connectivity index is 1.83. The second-order valence-corrected chi connectivity index (χ2v) is 16.3. The van der Waals surface area contributed by atoms with E-state index in [0.717, 1.165) is 68.1 Å². The molecule has 0 saturated heterocycles. The van der Waals surface area contributed by atoms with Crippen LogP contribution in [0.2, 0.25) is 0 Å². The van der Waals surface area contributed by atoms with Crippen LogP contribution in [0.3, 0.4) is 0 Å². The topological polar surface area (TPSA) is 66.4 Å². The summed E-state index contributed by atoms with van der Waals surface area (Å²) in [6, 6.07) is 42.8. The molecule has 320 valence electrons. The van der Waals surface area contributed by atoms with Crippen molar-refractivity contribution in [3.8, 4) is 0 Å². The zero-order chi connectivity index (χ0) is 41.8. The molecule has 6 nitrogen and oxygen atoms in total. The van der Waals surface area contributed by atoms with Gasteiger partial charge in [0.25, 0.3) is 0 Å². The Morgan fingerprint density at radius 3 is 1.53 bits per heavy atom.